The van der Waals surface area contributed by atoms with Crippen molar-refractivity contribution in [2.24, 2.45) is 5.41 Å². The van der Waals surface area contributed by atoms with E-state index < -0.39 is 0 Å². The van der Waals surface area contributed by atoms with Crippen LogP contribution in [-0.4, -0.2) is 18.0 Å². The maximum atomic E-state index is 4.10. The van der Waals surface area contributed by atoms with E-state index >= 15 is 0 Å². The zero-order valence-electron chi connectivity index (χ0n) is 14.6. The van der Waals surface area contributed by atoms with Crippen molar-refractivity contribution in [1.29, 1.82) is 0 Å². The molecule has 0 aliphatic carbocycles. The molecule has 0 fully saturated rings. The molecule has 1 heteroatoms. The summed E-state index contributed by atoms with van der Waals surface area (Å²) in [5.74, 6) is 0. The minimum atomic E-state index is 0.153. The first kappa shape index (κ1) is 18.4. The quantitative estimate of drug-likeness (QED) is 0.523. The maximum absolute atomic E-state index is 4.10. The molecule has 0 bridgehead atoms. The van der Waals surface area contributed by atoms with Gasteiger partial charge in [-0.25, -0.2) is 0 Å². The number of hydrogen-bond acceptors (Lipinski definition) is 1. The van der Waals surface area contributed by atoms with E-state index in [-0.39, 0.29) is 5.41 Å². The summed E-state index contributed by atoms with van der Waals surface area (Å²) < 4.78 is 0. The minimum absolute atomic E-state index is 0.153. The molecular weight excluding hydrogens is 266 g/mol. The second kappa shape index (κ2) is 8.75. The summed E-state index contributed by atoms with van der Waals surface area (Å²) in [5.41, 5.74) is 4.11. The highest BCUT2D eigenvalue weighted by atomic mass is 15.1. The van der Waals surface area contributed by atoms with Crippen LogP contribution in [-0.2, 0) is 13.0 Å². The van der Waals surface area contributed by atoms with Crippen molar-refractivity contribution in [3.05, 3.63) is 72.9 Å². The van der Waals surface area contributed by atoms with E-state index in [1.807, 2.05) is 12.2 Å². The summed E-state index contributed by atoms with van der Waals surface area (Å²) in [6.45, 7) is 21.3. The fraction of sp³-hybridized carbons (Fsp3) is 0.429. The fourth-order valence-electron chi connectivity index (χ4n) is 2.37. The van der Waals surface area contributed by atoms with Crippen LogP contribution < -0.4 is 0 Å². The largest absolute Gasteiger partial charge is 0.295 e. The van der Waals surface area contributed by atoms with Gasteiger partial charge in [-0.1, -0.05) is 62.4 Å². The SMILES string of the molecule is C=CCCN(CC=C)Cc1ccc(CC(C)(C)C(=C)C)cc1. The topological polar surface area (TPSA) is 3.24 Å². The summed E-state index contributed by atoms with van der Waals surface area (Å²) in [5, 5.41) is 0. The van der Waals surface area contributed by atoms with Crippen molar-refractivity contribution in [2.75, 3.05) is 13.1 Å². The Morgan fingerprint density at radius 1 is 1.09 bits per heavy atom. The lowest BCUT2D eigenvalue weighted by molar-refractivity contribution is 0.300. The molecule has 1 aromatic rings. The maximum Gasteiger partial charge on any atom is 0.0237 e. The van der Waals surface area contributed by atoms with Crippen LogP contribution in [0.15, 0.2) is 61.7 Å². The molecule has 0 unspecified atom stereocenters. The molecule has 0 aromatic heterocycles. The third kappa shape index (κ3) is 6.03. The molecule has 0 aliphatic rings. The van der Waals surface area contributed by atoms with Gasteiger partial charge in [0.05, 0.1) is 0 Å². The van der Waals surface area contributed by atoms with E-state index in [0.29, 0.717) is 0 Å². The van der Waals surface area contributed by atoms with Gasteiger partial charge in [-0.3, -0.25) is 4.90 Å². The first-order valence-corrected chi connectivity index (χ1v) is 8.07. The van der Waals surface area contributed by atoms with Crippen LogP contribution in [0.1, 0.15) is 38.3 Å². The molecule has 0 N–H and O–H groups in total. The lowest BCUT2D eigenvalue weighted by atomic mass is 9.80. The molecule has 1 aromatic carbocycles. The van der Waals surface area contributed by atoms with Crippen LogP contribution in [0.25, 0.3) is 0 Å². The second-order valence-corrected chi connectivity index (χ2v) is 6.76. The molecule has 0 atom stereocenters. The molecule has 0 aliphatic heterocycles. The van der Waals surface area contributed by atoms with Crippen molar-refractivity contribution in [2.45, 2.75) is 40.2 Å². The highest BCUT2D eigenvalue weighted by Crippen LogP contribution is 2.29. The molecule has 0 radical (unpaired) electrons. The molecule has 0 amide bonds. The summed E-state index contributed by atoms with van der Waals surface area (Å²) in [6, 6.07) is 8.99. The number of hydrogen-bond donors (Lipinski definition) is 0. The Morgan fingerprint density at radius 2 is 1.68 bits per heavy atom. The van der Waals surface area contributed by atoms with Crippen LogP contribution in [0.3, 0.4) is 0 Å². The van der Waals surface area contributed by atoms with Crippen LogP contribution in [0.2, 0.25) is 0 Å². The second-order valence-electron chi connectivity index (χ2n) is 6.76. The number of allylic oxidation sites excluding steroid dienone is 1. The molecular formula is C21H31N. The van der Waals surface area contributed by atoms with Gasteiger partial charge in [0.2, 0.25) is 0 Å². The third-order valence-electron chi connectivity index (χ3n) is 4.27. The van der Waals surface area contributed by atoms with E-state index in [1.165, 1.54) is 16.7 Å². The van der Waals surface area contributed by atoms with E-state index in [4.69, 9.17) is 0 Å². The van der Waals surface area contributed by atoms with Gasteiger partial charge >= 0.3 is 0 Å². The number of benzene rings is 1. The predicted molar refractivity (Wildman–Crippen MR) is 99.0 cm³/mol. The average Bonchev–Trinajstić information content (AvgIpc) is 2.46. The van der Waals surface area contributed by atoms with Gasteiger partial charge in [0, 0.05) is 19.6 Å². The zero-order valence-corrected chi connectivity index (χ0v) is 14.6. The molecule has 22 heavy (non-hydrogen) atoms. The van der Waals surface area contributed by atoms with Gasteiger partial charge in [-0.05, 0) is 36.3 Å². The lowest BCUT2D eigenvalue weighted by Gasteiger charge is -2.25. The average molecular weight is 297 g/mol. The summed E-state index contributed by atoms with van der Waals surface area (Å²) >= 11 is 0. The van der Waals surface area contributed by atoms with Crippen molar-refractivity contribution >= 4 is 0 Å². The fourth-order valence-corrected chi connectivity index (χ4v) is 2.37. The Labute approximate surface area is 137 Å². The Bertz CT molecular complexity index is 493. The molecule has 0 heterocycles. The third-order valence-corrected chi connectivity index (χ3v) is 4.27. The Morgan fingerprint density at radius 3 is 2.18 bits per heavy atom. The zero-order chi connectivity index (χ0) is 16.6. The standard InChI is InChI=1S/C21H31N/c1-7-9-15-22(14-8-2)17-20-12-10-19(11-13-20)16-21(5,6)18(3)4/h7-8,10-13H,1-3,9,14-17H2,4-6H3. The molecule has 0 saturated carbocycles. The van der Waals surface area contributed by atoms with Crippen molar-refractivity contribution < 1.29 is 0 Å². The molecule has 1 nitrogen and oxygen atoms in total. The first-order chi connectivity index (χ1) is 10.4. The monoisotopic (exact) mass is 297 g/mol. The number of rotatable bonds is 10. The lowest BCUT2D eigenvalue weighted by Crippen LogP contribution is -2.24. The van der Waals surface area contributed by atoms with Crippen molar-refractivity contribution in [3.8, 4) is 0 Å². The van der Waals surface area contributed by atoms with E-state index in [1.54, 1.807) is 0 Å². The van der Waals surface area contributed by atoms with Crippen LogP contribution >= 0.6 is 0 Å². The van der Waals surface area contributed by atoms with Crippen LogP contribution in [0.5, 0.6) is 0 Å². The van der Waals surface area contributed by atoms with Gasteiger partial charge in [0.1, 0.15) is 0 Å². The van der Waals surface area contributed by atoms with Gasteiger partial charge in [0.25, 0.3) is 0 Å². The van der Waals surface area contributed by atoms with Crippen LogP contribution in [0.4, 0.5) is 0 Å². The van der Waals surface area contributed by atoms with Gasteiger partial charge in [-0.15, -0.1) is 13.2 Å². The predicted octanol–water partition coefficient (Wildman–Crippen LogP) is 5.40. The smallest absolute Gasteiger partial charge is 0.0237 e. The Balaban J connectivity index is 2.69. The van der Waals surface area contributed by atoms with Gasteiger partial charge in [0.15, 0.2) is 0 Å². The summed E-state index contributed by atoms with van der Waals surface area (Å²) in [7, 11) is 0. The molecule has 120 valence electrons. The molecule has 0 saturated heterocycles. The Hall–Kier alpha value is -1.60. The molecule has 1 rings (SSSR count). The highest BCUT2D eigenvalue weighted by molar-refractivity contribution is 5.25. The van der Waals surface area contributed by atoms with E-state index in [0.717, 1.165) is 32.5 Å². The Kier molecular flexibility index (Phi) is 7.34. The van der Waals surface area contributed by atoms with Crippen LogP contribution in [0, 0.1) is 5.41 Å². The summed E-state index contributed by atoms with van der Waals surface area (Å²) in [4.78, 5) is 2.39. The van der Waals surface area contributed by atoms with E-state index in [9.17, 15) is 0 Å². The normalized spacial score (nSPS) is 11.5. The number of nitrogens with zero attached hydrogens (tertiary/aromatic N) is 1. The van der Waals surface area contributed by atoms with Crippen molar-refractivity contribution in [1.82, 2.24) is 4.90 Å². The first-order valence-electron chi connectivity index (χ1n) is 8.07. The highest BCUT2D eigenvalue weighted by Gasteiger charge is 2.19. The van der Waals surface area contributed by atoms with E-state index in [2.05, 4.69) is 69.7 Å². The van der Waals surface area contributed by atoms with Crippen molar-refractivity contribution in [3.63, 3.8) is 0 Å². The minimum Gasteiger partial charge on any atom is -0.295 e. The van der Waals surface area contributed by atoms with Gasteiger partial charge in [-0.2, -0.15) is 0 Å². The molecule has 0 spiro atoms. The summed E-state index contributed by atoms with van der Waals surface area (Å²) in [6.07, 6.45) is 5.99. The van der Waals surface area contributed by atoms with Gasteiger partial charge < -0.3 is 0 Å².